The van der Waals surface area contributed by atoms with Crippen molar-refractivity contribution in [2.24, 2.45) is 0 Å². The largest absolute Gasteiger partial charge is 0.352 e. The van der Waals surface area contributed by atoms with E-state index in [1.165, 1.54) is 17.0 Å². The Kier molecular flexibility index (Phi) is 7.53. The molecule has 0 saturated heterocycles. The van der Waals surface area contributed by atoms with Gasteiger partial charge in [0.25, 0.3) is 15.9 Å². The van der Waals surface area contributed by atoms with Crippen molar-refractivity contribution < 1.29 is 22.8 Å². The highest BCUT2D eigenvalue weighted by molar-refractivity contribution is 7.90. The third-order valence-electron chi connectivity index (χ3n) is 5.80. The van der Waals surface area contributed by atoms with Crippen LogP contribution in [0.4, 0.5) is 0 Å². The molecule has 1 aliphatic heterocycles. The van der Waals surface area contributed by atoms with E-state index >= 15 is 0 Å². The highest BCUT2D eigenvalue weighted by Gasteiger charge is 2.41. The summed E-state index contributed by atoms with van der Waals surface area (Å²) < 4.78 is 26.3. The van der Waals surface area contributed by atoms with Crippen molar-refractivity contribution in [2.75, 3.05) is 6.54 Å². The van der Waals surface area contributed by atoms with E-state index in [9.17, 15) is 22.8 Å². The van der Waals surface area contributed by atoms with Gasteiger partial charge in [0.1, 0.15) is 10.9 Å². The second-order valence-corrected chi connectivity index (χ2v) is 9.96. The number of hydrogen-bond donors (Lipinski definition) is 1. The van der Waals surface area contributed by atoms with Gasteiger partial charge in [-0.1, -0.05) is 49.4 Å². The van der Waals surface area contributed by atoms with Crippen LogP contribution in [-0.4, -0.2) is 54.0 Å². The number of hydrogen-bond acceptors (Lipinski definition) is 5. The van der Waals surface area contributed by atoms with Crippen LogP contribution in [0.25, 0.3) is 0 Å². The second-order valence-electron chi connectivity index (χ2n) is 8.13. The van der Waals surface area contributed by atoms with E-state index in [1.54, 1.807) is 19.1 Å². The lowest BCUT2D eigenvalue weighted by Crippen LogP contribution is -2.50. The van der Waals surface area contributed by atoms with Gasteiger partial charge in [-0.25, -0.2) is 12.7 Å². The molecule has 1 aliphatic rings. The number of carbonyl (C=O) groups excluding carboxylic acids is 3. The Hall–Kier alpha value is -3.20. The van der Waals surface area contributed by atoms with E-state index < -0.39 is 27.9 Å². The predicted octanol–water partition coefficient (Wildman–Crippen LogP) is 2.55. The van der Waals surface area contributed by atoms with Crippen LogP contribution >= 0.6 is 0 Å². The molecule has 8 nitrogen and oxygen atoms in total. The molecular formula is C24H29N3O5S. The zero-order valence-electron chi connectivity index (χ0n) is 19.0. The van der Waals surface area contributed by atoms with Gasteiger partial charge in [0, 0.05) is 25.6 Å². The van der Waals surface area contributed by atoms with Crippen molar-refractivity contribution in [3.8, 4) is 0 Å². The molecule has 2 aromatic carbocycles. The van der Waals surface area contributed by atoms with E-state index in [1.807, 2.05) is 44.2 Å². The second kappa shape index (κ2) is 10.2. The molecule has 0 fully saturated rings. The van der Waals surface area contributed by atoms with Crippen molar-refractivity contribution in [3.63, 3.8) is 0 Å². The molecule has 0 aliphatic carbocycles. The molecule has 0 spiro atoms. The summed E-state index contributed by atoms with van der Waals surface area (Å²) in [6.45, 7) is 5.38. The van der Waals surface area contributed by atoms with Crippen LogP contribution in [0.15, 0.2) is 59.5 Å². The van der Waals surface area contributed by atoms with Crippen molar-refractivity contribution >= 4 is 27.7 Å². The molecule has 0 saturated carbocycles. The van der Waals surface area contributed by atoms with Crippen LogP contribution < -0.4 is 5.32 Å². The van der Waals surface area contributed by atoms with Crippen molar-refractivity contribution in [1.82, 2.24) is 14.5 Å². The van der Waals surface area contributed by atoms with Crippen LogP contribution in [0.2, 0.25) is 0 Å². The lowest BCUT2D eigenvalue weighted by molar-refractivity contribution is -0.140. The van der Waals surface area contributed by atoms with Crippen LogP contribution in [0.3, 0.4) is 0 Å². The first kappa shape index (κ1) is 24.4. The topological polar surface area (TPSA) is 104 Å². The van der Waals surface area contributed by atoms with Gasteiger partial charge >= 0.3 is 0 Å². The lowest BCUT2D eigenvalue weighted by Gasteiger charge is -2.30. The molecule has 176 valence electrons. The van der Waals surface area contributed by atoms with E-state index in [0.29, 0.717) is 0 Å². The monoisotopic (exact) mass is 471 g/mol. The summed E-state index contributed by atoms with van der Waals surface area (Å²) in [4.78, 5) is 40.0. The maximum Gasteiger partial charge on any atom is 0.269 e. The van der Waals surface area contributed by atoms with Gasteiger partial charge in [0.15, 0.2) is 0 Å². The third-order valence-corrected chi connectivity index (χ3v) is 7.65. The SMILES string of the molecule is CC[C@@H](C)NC(=O)[C@@H](C)N(Cc1ccccc1)C(=O)CCN1C(=O)c2ccccc2S1(=O)=O. The first-order valence-corrected chi connectivity index (χ1v) is 12.4. The summed E-state index contributed by atoms with van der Waals surface area (Å²) in [7, 11) is -4.00. The Labute approximate surface area is 194 Å². The first-order valence-electron chi connectivity index (χ1n) is 11.0. The molecular weight excluding hydrogens is 442 g/mol. The average molecular weight is 472 g/mol. The zero-order chi connectivity index (χ0) is 24.2. The number of amides is 3. The highest BCUT2D eigenvalue weighted by Crippen LogP contribution is 2.30. The normalized spacial score (nSPS) is 16.1. The first-order chi connectivity index (χ1) is 15.7. The summed E-state index contributed by atoms with van der Waals surface area (Å²) in [6.07, 6.45) is 0.521. The Morgan fingerprint density at radius 3 is 2.30 bits per heavy atom. The molecule has 0 unspecified atom stereocenters. The number of carbonyl (C=O) groups is 3. The standard InChI is InChI=1S/C24H29N3O5S/c1-4-17(2)25-23(29)18(3)26(16-19-10-6-5-7-11-19)22(28)14-15-27-24(30)20-12-8-9-13-21(20)33(27,31)32/h5-13,17-18H,4,14-16H2,1-3H3,(H,25,29)/t17-,18-/m1/s1. The van der Waals surface area contributed by atoms with E-state index in [-0.39, 0.29) is 41.9 Å². The molecule has 3 rings (SSSR count). The molecule has 0 aromatic heterocycles. The minimum Gasteiger partial charge on any atom is -0.352 e. The fraction of sp³-hybridized carbons (Fsp3) is 0.375. The van der Waals surface area contributed by atoms with Crippen molar-refractivity contribution in [3.05, 3.63) is 65.7 Å². The van der Waals surface area contributed by atoms with E-state index in [4.69, 9.17) is 0 Å². The Morgan fingerprint density at radius 1 is 1.03 bits per heavy atom. The van der Waals surface area contributed by atoms with Gasteiger partial charge in [-0.05, 0) is 38.0 Å². The fourth-order valence-electron chi connectivity index (χ4n) is 3.62. The van der Waals surface area contributed by atoms with Crippen LogP contribution in [0.5, 0.6) is 0 Å². The number of benzene rings is 2. The van der Waals surface area contributed by atoms with Gasteiger partial charge in [-0.2, -0.15) is 0 Å². The van der Waals surface area contributed by atoms with Gasteiger partial charge in [0.05, 0.1) is 5.56 Å². The third kappa shape index (κ3) is 5.24. The molecule has 2 aromatic rings. The van der Waals surface area contributed by atoms with Gasteiger partial charge < -0.3 is 10.2 Å². The smallest absolute Gasteiger partial charge is 0.269 e. The molecule has 33 heavy (non-hydrogen) atoms. The van der Waals surface area contributed by atoms with Gasteiger partial charge in [-0.15, -0.1) is 0 Å². The minimum atomic E-state index is -4.00. The van der Waals surface area contributed by atoms with Crippen LogP contribution in [0, 0.1) is 0 Å². The molecule has 2 atom stereocenters. The lowest BCUT2D eigenvalue weighted by atomic mass is 10.1. The summed E-state index contributed by atoms with van der Waals surface area (Å²) in [6, 6.07) is 14.4. The summed E-state index contributed by atoms with van der Waals surface area (Å²) in [5, 5.41) is 2.89. The zero-order valence-corrected chi connectivity index (χ0v) is 19.8. The molecule has 1 heterocycles. The molecule has 0 bridgehead atoms. The summed E-state index contributed by atoms with van der Waals surface area (Å²) in [5.74, 6) is -1.34. The Morgan fingerprint density at radius 2 is 1.67 bits per heavy atom. The van der Waals surface area contributed by atoms with Gasteiger partial charge in [-0.3, -0.25) is 14.4 Å². The highest BCUT2D eigenvalue weighted by atomic mass is 32.2. The maximum absolute atomic E-state index is 13.2. The fourth-order valence-corrected chi connectivity index (χ4v) is 5.19. The van der Waals surface area contributed by atoms with Crippen molar-refractivity contribution in [1.29, 1.82) is 0 Å². The average Bonchev–Trinajstić information content (AvgIpc) is 3.01. The molecule has 9 heteroatoms. The van der Waals surface area contributed by atoms with Crippen molar-refractivity contribution in [2.45, 2.75) is 57.1 Å². The number of nitrogens with zero attached hydrogens (tertiary/aromatic N) is 2. The van der Waals surface area contributed by atoms with Crippen LogP contribution in [-0.2, 0) is 26.2 Å². The summed E-state index contributed by atoms with van der Waals surface area (Å²) >= 11 is 0. The predicted molar refractivity (Wildman–Crippen MR) is 124 cm³/mol. The van der Waals surface area contributed by atoms with Crippen LogP contribution in [0.1, 0.15) is 49.5 Å². The number of nitrogens with one attached hydrogen (secondary N) is 1. The number of rotatable bonds is 9. The molecule has 1 N–H and O–H groups in total. The molecule has 0 radical (unpaired) electrons. The quantitative estimate of drug-likeness (QED) is 0.605. The number of sulfonamides is 1. The van der Waals surface area contributed by atoms with E-state index in [0.717, 1.165) is 16.3 Å². The van der Waals surface area contributed by atoms with E-state index in [2.05, 4.69) is 5.32 Å². The summed E-state index contributed by atoms with van der Waals surface area (Å²) in [5.41, 5.74) is 0.943. The van der Waals surface area contributed by atoms with Gasteiger partial charge in [0.2, 0.25) is 11.8 Å². The maximum atomic E-state index is 13.2. The Bertz CT molecular complexity index is 1130. The minimum absolute atomic E-state index is 0.0421. The number of fused-ring (bicyclic) bond motifs is 1. The molecule has 3 amide bonds. The Balaban J connectivity index is 1.77.